The van der Waals surface area contributed by atoms with E-state index in [1.165, 1.54) is 0 Å². The van der Waals surface area contributed by atoms with E-state index in [9.17, 15) is 9.90 Å². The maximum Gasteiger partial charge on any atom is 0.329 e. The van der Waals surface area contributed by atoms with Crippen molar-refractivity contribution in [3.05, 3.63) is 6.20 Å². The summed E-state index contributed by atoms with van der Waals surface area (Å²) in [5.41, 5.74) is -0.852. The molecular formula is C9H14N4O2. The van der Waals surface area contributed by atoms with Crippen molar-refractivity contribution in [1.29, 1.82) is 0 Å². The summed E-state index contributed by atoms with van der Waals surface area (Å²) in [6.45, 7) is 0. The minimum absolute atomic E-state index is 0.499. The van der Waals surface area contributed by atoms with Gasteiger partial charge in [0.2, 0.25) is 0 Å². The molecule has 1 aliphatic rings. The lowest BCUT2D eigenvalue weighted by Crippen LogP contribution is -2.48. The highest BCUT2D eigenvalue weighted by Gasteiger charge is 2.39. The van der Waals surface area contributed by atoms with Crippen LogP contribution in [-0.4, -0.2) is 32.0 Å². The SMILES string of the molecule is O=C(O)C1(Nc2c[nH]nn2)CCCCC1. The van der Waals surface area contributed by atoms with Gasteiger partial charge in [-0.05, 0) is 12.8 Å². The third kappa shape index (κ3) is 1.93. The Hall–Kier alpha value is -1.59. The molecule has 1 aromatic heterocycles. The van der Waals surface area contributed by atoms with Crippen molar-refractivity contribution in [2.24, 2.45) is 0 Å². The van der Waals surface area contributed by atoms with Gasteiger partial charge in [0.15, 0.2) is 5.82 Å². The monoisotopic (exact) mass is 210 g/mol. The Morgan fingerprint density at radius 2 is 2.20 bits per heavy atom. The van der Waals surface area contributed by atoms with Crippen LogP contribution in [0.2, 0.25) is 0 Å². The number of aromatic nitrogens is 3. The number of nitrogens with zero attached hydrogens (tertiary/aromatic N) is 2. The molecular weight excluding hydrogens is 196 g/mol. The van der Waals surface area contributed by atoms with E-state index >= 15 is 0 Å². The zero-order chi connectivity index (χ0) is 10.7. The van der Waals surface area contributed by atoms with Crippen LogP contribution in [0.15, 0.2) is 6.20 Å². The lowest BCUT2D eigenvalue weighted by atomic mass is 9.82. The average molecular weight is 210 g/mol. The van der Waals surface area contributed by atoms with Crippen LogP contribution in [0.4, 0.5) is 5.82 Å². The van der Waals surface area contributed by atoms with E-state index in [1.54, 1.807) is 6.20 Å². The van der Waals surface area contributed by atoms with Gasteiger partial charge < -0.3 is 10.4 Å². The molecule has 6 nitrogen and oxygen atoms in total. The van der Waals surface area contributed by atoms with Gasteiger partial charge in [0, 0.05) is 0 Å². The zero-order valence-corrected chi connectivity index (χ0v) is 8.36. The number of hydrogen-bond acceptors (Lipinski definition) is 4. The summed E-state index contributed by atoms with van der Waals surface area (Å²) in [5.74, 6) is -0.301. The maximum absolute atomic E-state index is 11.3. The second-order valence-corrected chi connectivity index (χ2v) is 3.93. The first kappa shape index (κ1) is 9.95. The van der Waals surface area contributed by atoms with E-state index in [2.05, 4.69) is 20.7 Å². The number of aromatic amines is 1. The molecule has 2 rings (SSSR count). The topological polar surface area (TPSA) is 90.9 Å². The molecule has 0 saturated heterocycles. The zero-order valence-electron chi connectivity index (χ0n) is 8.36. The molecule has 1 fully saturated rings. The minimum Gasteiger partial charge on any atom is -0.480 e. The summed E-state index contributed by atoms with van der Waals surface area (Å²) in [6.07, 6.45) is 5.85. The van der Waals surface area contributed by atoms with Crippen LogP contribution in [-0.2, 0) is 4.79 Å². The summed E-state index contributed by atoms with van der Waals surface area (Å²) in [6, 6.07) is 0. The number of nitrogens with one attached hydrogen (secondary N) is 2. The smallest absolute Gasteiger partial charge is 0.329 e. The molecule has 1 saturated carbocycles. The van der Waals surface area contributed by atoms with E-state index in [0.717, 1.165) is 19.3 Å². The Morgan fingerprint density at radius 3 is 2.73 bits per heavy atom. The number of carboxylic acid groups (broad SMARTS) is 1. The van der Waals surface area contributed by atoms with Crippen LogP contribution in [0.3, 0.4) is 0 Å². The molecule has 3 N–H and O–H groups in total. The molecule has 0 aromatic carbocycles. The highest BCUT2D eigenvalue weighted by molar-refractivity contribution is 5.82. The molecule has 0 radical (unpaired) electrons. The van der Waals surface area contributed by atoms with Gasteiger partial charge in [-0.2, -0.15) is 0 Å². The first-order chi connectivity index (χ1) is 7.23. The largest absolute Gasteiger partial charge is 0.480 e. The van der Waals surface area contributed by atoms with Crippen LogP contribution < -0.4 is 5.32 Å². The van der Waals surface area contributed by atoms with Gasteiger partial charge in [0.25, 0.3) is 0 Å². The van der Waals surface area contributed by atoms with Gasteiger partial charge in [0.1, 0.15) is 5.54 Å². The normalized spacial score (nSPS) is 19.7. The number of carbonyl (C=O) groups is 1. The highest BCUT2D eigenvalue weighted by atomic mass is 16.4. The molecule has 6 heteroatoms. The van der Waals surface area contributed by atoms with Crippen LogP contribution in [0.1, 0.15) is 32.1 Å². The number of carboxylic acids is 1. The molecule has 0 atom stereocenters. The fraction of sp³-hybridized carbons (Fsp3) is 0.667. The Balaban J connectivity index is 2.15. The van der Waals surface area contributed by atoms with Crippen LogP contribution in [0, 0.1) is 0 Å². The molecule has 0 bridgehead atoms. The number of rotatable bonds is 3. The van der Waals surface area contributed by atoms with Crippen molar-refractivity contribution in [3.8, 4) is 0 Å². The predicted molar refractivity (Wildman–Crippen MR) is 53.5 cm³/mol. The van der Waals surface area contributed by atoms with Gasteiger partial charge in [-0.1, -0.05) is 24.5 Å². The van der Waals surface area contributed by atoms with E-state index in [1.807, 2.05) is 0 Å². The van der Waals surface area contributed by atoms with Crippen LogP contribution in [0.25, 0.3) is 0 Å². The number of aliphatic carboxylic acids is 1. The summed E-state index contributed by atoms with van der Waals surface area (Å²) in [7, 11) is 0. The summed E-state index contributed by atoms with van der Waals surface area (Å²) >= 11 is 0. The lowest BCUT2D eigenvalue weighted by Gasteiger charge is -2.33. The van der Waals surface area contributed by atoms with Crippen molar-refractivity contribution in [1.82, 2.24) is 15.4 Å². The van der Waals surface area contributed by atoms with Gasteiger partial charge in [-0.3, -0.25) is 5.10 Å². The molecule has 82 valence electrons. The maximum atomic E-state index is 11.3. The second kappa shape index (κ2) is 3.88. The quantitative estimate of drug-likeness (QED) is 0.692. The molecule has 0 aliphatic heterocycles. The Labute approximate surface area is 87.1 Å². The first-order valence-electron chi connectivity index (χ1n) is 5.11. The summed E-state index contributed by atoms with van der Waals surface area (Å²) in [4.78, 5) is 11.3. The second-order valence-electron chi connectivity index (χ2n) is 3.93. The number of anilines is 1. The predicted octanol–water partition coefficient (Wildman–Crippen LogP) is 1.00. The fourth-order valence-electron chi connectivity index (χ4n) is 2.06. The van der Waals surface area contributed by atoms with Gasteiger partial charge >= 0.3 is 5.97 Å². The Kier molecular flexibility index (Phi) is 2.57. The minimum atomic E-state index is -0.852. The van der Waals surface area contributed by atoms with Crippen molar-refractivity contribution in [2.75, 3.05) is 5.32 Å². The lowest BCUT2D eigenvalue weighted by molar-refractivity contribution is -0.143. The number of hydrogen-bond donors (Lipinski definition) is 3. The molecule has 1 aromatic rings. The fourth-order valence-corrected chi connectivity index (χ4v) is 2.06. The molecule has 1 aliphatic carbocycles. The van der Waals surface area contributed by atoms with Gasteiger partial charge in [-0.15, -0.1) is 5.10 Å². The molecule has 0 amide bonds. The average Bonchev–Trinajstić information content (AvgIpc) is 2.71. The summed E-state index contributed by atoms with van der Waals surface area (Å²) < 4.78 is 0. The van der Waals surface area contributed by atoms with E-state index in [0.29, 0.717) is 18.7 Å². The number of H-pyrrole nitrogens is 1. The molecule has 0 unspecified atom stereocenters. The van der Waals surface area contributed by atoms with Gasteiger partial charge in [0.05, 0.1) is 6.20 Å². The van der Waals surface area contributed by atoms with Crippen molar-refractivity contribution >= 4 is 11.8 Å². The van der Waals surface area contributed by atoms with Crippen LogP contribution >= 0.6 is 0 Å². The van der Waals surface area contributed by atoms with Crippen molar-refractivity contribution < 1.29 is 9.90 Å². The summed E-state index contributed by atoms with van der Waals surface area (Å²) in [5, 5.41) is 22.1. The first-order valence-corrected chi connectivity index (χ1v) is 5.11. The molecule has 0 spiro atoms. The Bertz CT molecular complexity index is 330. The van der Waals surface area contributed by atoms with Crippen molar-refractivity contribution in [3.63, 3.8) is 0 Å². The van der Waals surface area contributed by atoms with E-state index < -0.39 is 11.5 Å². The highest BCUT2D eigenvalue weighted by Crippen LogP contribution is 2.31. The third-order valence-corrected chi connectivity index (χ3v) is 2.90. The van der Waals surface area contributed by atoms with Gasteiger partial charge in [-0.25, -0.2) is 4.79 Å². The standard InChI is InChI=1S/C9H14N4O2/c14-8(15)9(4-2-1-3-5-9)11-7-6-10-13-12-7/h6H,1-5H2,(H,14,15)(H2,10,11,12,13). The Morgan fingerprint density at radius 1 is 1.47 bits per heavy atom. The molecule has 15 heavy (non-hydrogen) atoms. The van der Waals surface area contributed by atoms with Crippen molar-refractivity contribution in [2.45, 2.75) is 37.6 Å². The van der Waals surface area contributed by atoms with E-state index in [4.69, 9.17) is 0 Å². The van der Waals surface area contributed by atoms with Crippen LogP contribution in [0.5, 0.6) is 0 Å². The molecule has 1 heterocycles. The third-order valence-electron chi connectivity index (χ3n) is 2.90. The van der Waals surface area contributed by atoms with E-state index in [-0.39, 0.29) is 0 Å².